The monoisotopic (exact) mass is 826 g/mol. The lowest BCUT2D eigenvalue weighted by molar-refractivity contribution is 0.367. The largest absolute Gasteiger partial charge is 0.337 e. The Kier molecular flexibility index (Phi) is 11.8. The minimum absolute atomic E-state index is 0.581. The average molecular weight is 827 g/mol. The summed E-state index contributed by atoms with van der Waals surface area (Å²) in [6, 6.07) is 78.4. The summed E-state index contributed by atoms with van der Waals surface area (Å²) in [5.74, 6) is 0. The summed E-state index contributed by atoms with van der Waals surface area (Å²) in [6.07, 6.45) is 10.6. The molecule has 1 aromatic heterocycles. The third-order valence-corrected chi connectivity index (χ3v) is 13.1. The Hall–Kier alpha value is -7.42. The highest BCUT2D eigenvalue weighted by Gasteiger charge is 2.21. The molecule has 1 heterocycles. The van der Waals surface area contributed by atoms with Gasteiger partial charge in [0.2, 0.25) is 0 Å². The van der Waals surface area contributed by atoms with Gasteiger partial charge in [0.1, 0.15) is 0 Å². The van der Waals surface area contributed by atoms with Gasteiger partial charge in [-0.2, -0.15) is 0 Å². The number of fused-ring (bicyclic) bond motifs is 4. The molecule has 0 amide bonds. The second kappa shape index (κ2) is 18.5. The summed E-state index contributed by atoms with van der Waals surface area (Å²) in [4.78, 5) is 2.32. The summed E-state index contributed by atoms with van der Waals surface area (Å²) in [6.45, 7) is 4.00. The molecule has 64 heavy (non-hydrogen) atoms. The number of benzene rings is 9. The molecule has 1 saturated carbocycles. The lowest BCUT2D eigenvalue weighted by Gasteiger charge is -2.26. The first-order valence-corrected chi connectivity index (χ1v) is 23.0. The van der Waals surface area contributed by atoms with E-state index in [2.05, 4.69) is 222 Å². The fourth-order valence-electron chi connectivity index (χ4n) is 9.81. The molecular formula is C62H54N2. The summed E-state index contributed by atoms with van der Waals surface area (Å²) in [5, 5.41) is 5.27. The molecule has 1 fully saturated rings. The van der Waals surface area contributed by atoms with Gasteiger partial charge >= 0.3 is 0 Å². The lowest BCUT2D eigenvalue weighted by Crippen LogP contribution is -2.12. The maximum Gasteiger partial charge on any atom is 0.0494 e. The Morgan fingerprint density at radius 1 is 0.359 bits per heavy atom. The molecule has 312 valence electrons. The normalized spacial score (nSPS) is 13.0. The highest BCUT2D eigenvalue weighted by atomic mass is 15.1. The number of hydrogen-bond acceptors (Lipinski definition) is 1. The van der Waals surface area contributed by atoms with Gasteiger partial charge in [0.15, 0.2) is 0 Å². The smallest absolute Gasteiger partial charge is 0.0494 e. The molecule has 2 heteroatoms. The van der Waals surface area contributed by atoms with E-state index in [0.717, 1.165) is 17.1 Å². The van der Waals surface area contributed by atoms with Crippen LogP contribution in [0.1, 0.15) is 52.0 Å². The second-order valence-corrected chi connectivity index (χ2v) is 17.0. The number of allylic oxidation sites excluding steroid dienone is 2. The zero-order valence-corrected chi connectivity index (χ0v) is 36.9. The molecule has 11 rings (SSSR count). The minimum Gasteiger partial charge on any atom is -0.337 e. The third-order valence-electron chi connectivity index (χ3n) is 13.1. The highest BCUT2D eigenvalue weighted by molar-refractivity contribution is 6.11. The van der Waals surface area contributed by atoms with Crippen molar-refractivity contribution in [2.45, 2.75) is 52.0 Å². The van der Waals surface area contributed by atoms with Crippen LogP contribution in [0.5, 0.6) is 0 Å². The van der Waals surface area contributed by atoms with Crippen molar-refractivity contribution in [2.75, 3.05) is 4.90 Å². The van der Waals surface area contributed by atoms with Gasteiger partial charge in [-0.15, -0.1) is 0 Å². The predicted molar refractivity (Wildman–Crippen MR) is 276 cm³/mol. The molecule has 1 aliphatic carbocycles. The number of aromatic nitrogens is 1. The number of nitrogens with zero attached hydrogens (tertiary/aromatic N) is 2. The molecule has 0 aliphatic heterocycles. The molecule has 0 spiro atoms. The van der Waals surface area contributed by atoms with Crippen LogP contribution in [0.25, 0.3) is 77.1 Å². The zero-order chi connectivity index (χ0) is 43.2. The summed E-state index contributed by atoms with van der Waals surface area (Å²) < 4.78 is 2.65. The molecule has 0 bridgehead atoms. The number of rotatable bonds is 8. The Balaban J connectivity index is 0.00000116. The van der Waals surface area contributed by atoms with Crippen LogP contribution < -0.4 is 4.90 Å². The van der Waals surface area contributed by atoms with Gasteiger partial charge in [0.05, 0.1) is 0 Å². The van der Waals surface area contributed by atoms with Crippen LogP contribution >= 0.6 is 0 Å². The lowest BCUT2D eigenvalue weighted by atomic mass is 9.91. The fourth-order valence-corrected chi connectivity index (χ4v) is 9.81. The Bertz CT molecular complexity index is 3170. The maximum absolute atomic E-state index is 2.65. The quantitative estimate of drug-likeness (QED) is 0.139. The van der Waals surface area contributed by atoms with E-state index < -0.39 is 0 Å². The standard InChI is InChI=1S/C58H46N2.C4H8/c1-4-14-41(15-5-1)43-28-33-49(34-29-43)59(47-16-6-2-7-17-47)50-35-30-44(31-36-50)42-24-26-45(27-25-42)51-37-38-52(54-21-11-10-20-53(51)54)46-32-39-58-56(40-46)55-22-12-13-23-57(55)60(58)48-18-8-3-9-19-48;1-3-4-2/h1-2,4-7,10-17,20-40,48H,3,8-9,18-19H2;3-4H,1-2H3/b;4-3-. The average Bonchev–Trinajstić information content (AvgIpc) is 3.71. The van der Waals surface area contributed by atoms with Crippen molar-refractivity contribution in [1.82, 2.24) is 4.57 Å². The van der Waals surface area contributed by atoms with E-state index in [0.29, 0.717) is 6.04 Å². The summed E-state index contributed by atoms with van der Waals surface area (Å²) in [5.41, 5.74) is 16.0. The zero-order valence-electron chi connectivity index (χ0n) is 36.9. The molecule has 0 atom stereocenters. The second-order valence-electron chi connectivity index (χ2n) is 17.0. The fraction of sp³-hybridized carbons (Fsp3) is 0.129. The number of hydrogen-bond donors (Lipinski definition) is 0. The molecule has 0 saturated heterocycles. The van der Waals surface area contributed by atoms with Crippen LogP contribution in [-0.4, -0.2) is 4.57 Å². The van der Waals surface area contributed by atoms with Gasteiger partial charge in [0.25, 0.3) is 0 Å². The van der Waals surface area contributed by atoms with Crippen molar-refractivity contribution in [2.24, 2.45) is 0 Å². The van der Waals surface area contributed by atoms with E-state index >= 15 is 0 Å². The number of anilines is 3. The number of para-hydroxylation sites is 2. The van der Waals surface area contributed by atoms with E-state index in [1.54, 1.807) is 0 Å². The topological polar surface area (TPSA) is 8.17 Å². The first-order valence-electron chi connectivity index (χ1n) is 23.0. The van der Waals surface area contributed by atoms with Crippen LogP contribution in [0.2, 0.25) is 0 Å². The van der Waals surface area contributed by atoms with Crippen LogP contribution in [0, 0.1) is 0 Å². The Morgan fingerprint density at radius 2 is 0.781 bits per heavy atom. The van der Waals surface area contributed by atoms with Crippen molar-refractivity contribution < 1.29 is 0 Å². The molecular weight excluding hydrogens is 773 g/mol. The summed E-state index contributed by atoms with van der Waals surface area (Å²) in [7, 11) is 0. The highest BCUT2D eigenvalue weighted by Crippen LogP contribution is 2.42. The molecule has 0 N–H and O–H groups in total. The van der Waals surface area contributed by atoms with Gasteiger partial charge in [-0.25, -0.2) is 0 Å². The first kappa shape index (κ1) is 40.6. The van der Waals surface area contributed by atoms with Crippen LogP contribution in [-0.2, 0) is 0 Å². The van der Waals surface area contributed by atoms with E-state index in [1.165, 1.54) is 109 Å². The Labute approximate surface area is 378 Å². The van der Waals surface area contributed by atoms with E-state index in [-0.39, 0.29) is 0 Å². The molecule has 9 aromatic carbocycles. The molecule has 10 aromatic rings. The maximum atomic E-state index is 2.65. The van der Waals surface area contributed by atoms with Crippen LogP contribution in [0.3, 0.4) is 0 Å². The molecule has 0 unspecified atom stereocenters. The van der Waals surface area contributed by atoms with Gasteiger partial charge in [-0.05, 0) is 137 Å². The van der Waals surface area contributed by atoms with Gasteiger partial charge in [0, 0.05) is 44.9 Å². The molecule has 2 nitrogen and oxygen atoms in total. The van der Waals surface area contributed by atoms with Crippen molar-refractivity contribution in [3.05, 3.63) is 224 Å². The van der Waals surface area contributed by atoms with E-state index in [1.807, 2.05) is 26.0 Å². The SMILES string of the molecule is C/C=C\C.c1ccc(-c2ccc(N(c3ccccc3)c3ccc(-c4ccc(-c5ccc(-c6ccc7c(c6)c6ccccc6n7C6CCCCC6)c6ccccc56)cc4)cc3)cc2)cc1. The Morgan fingerprint density at radius 3 is 1.36 bits per heavy atom. The minimum atomic E-state index is 0.581. The van der Waals surface area contributed by atoms with Crippen molar-refractivity contribution in [3.8, 4) is 44.5 Å². The summed E-state index contributed by atoms with van der Waals surface area (Å²) >= 11 is 0. The predicted octanol–water partition coefficient (Wildman–Crippen LogP) is 18.2. The van der Waals surface area contributed by atoms with Gasteiger partial charge in [-0.3, -0.25) is 0 Å². The third kappa shape index (κ3) is 8.04. The van der Waals surface area contributed by atoms with Gasteiger partial charge < -0.3 is 9.47 Å². The van der Waals surface area contributed by atoms with Crippen molar-refractivity contribution >= 4 is 49.6 Å². The molecule has 0 radical (unpaired) electrons. The molecule has 1 aliphatic rings. The van der Waals surface area contributed by atoms with E-state index in [9.17, 15) is 0 Å². The first-order chi connectivity index (χ1) is 31.7. The van der Waals surface area contributed by atoms with Crippen LogP contribution in [0.15, 0.2) is 224 Å². The van der Waals surface area contributed by atoms with Crippen LogP contribution in [0.4, 0.5) is 17.1 Å². The van der Waals surface area contributed by atoms with Crippen molar-refractivity contribution in [1.29, 1.82) is 0 Å². The van der Waals surface area contributed by atoms with Crippen molar-refractivity contribution in [3.63, 3.8) is 0 Å². The van der Waals surface area contributed by atoms with E-state index in [4.69, 9.17) is 0 Å². The van der Waals surface area contributed by atoms with Gasteiger partial charge in [-0.1, -0.05) is 189 Å².